The van der Waals surface area contributed by atoms with E-state index in [0.717, 1.165) is 14.7 Å². The molecule has 0 aromatic heterocycles. The first-order valence-corrected chi connectivity index (χ1v) is 11.2. The molecule has 1 aliphatic rings. The van der Waals surface area contributed by atoms with Crippen LogP contribution < -0.4 is 16.0 Å². The molecule has 0 radical (unpaired) electrons. The summed E-state index contributed by atoms with van der Waals surface area (Å²) in [5.74, 6) is -1.91. The molecule has 1 heterocycles. The summed E-state index contributed by atoms with van der Waals surface area (Å²) in [5, 5.41) is 7.91. The number of halogens is 1. The molecule has 32 heavy (non-hydrogen) atoms. The molecule has 3 rings (SSSR count). The molecular formula is C23H24IN3O5. The fraction of sp³-hybridized carbons (Fsp3) is 0.304. The average molecular weight is 549 g/mol. The molecule has 0 spiro atoms. The molecule has 3 atom stereocenters. The van der Waals surface area contributed by atoms with E-state index in [2.05, 4.69) is 38.5 Å². The Morgan fingerprint density at radius 3 is 2.34 bits per heavy atom. The summed E-state index contributed by atoms with van der Waals surface area (Å²) >= 11 is 2.17. The lowest BCUT2D eigenvalue weighted by atomic mass is 10.0. The van der Waals surface area contributed by atoms with E-state index in [1.165, 1.54) is 7.11 Å². The summed E-state index contributed by atoms with van der Waals surface area (Å²) in [7, 11) is 1.25. The predicted octanol–water partition coefficient (Wildman–Crippen LogP) is 1.11. The molecule has 1 fully saturated rings. The van der Waals surface area contributed by atoms with Gasteiger partial charge in [-0.25, -0.2) is 4.79 Å². The maximum atomic E-state index is 12.6. The Labute approximate surface area is 199 Å². The van der Waals surface area contributed by atoms with Crippen molar-refractivity contribution < 1.29 is 23.9 Å². The van der Waals surface area contributed by atoms with Crippen LogP contribution in [0, 0.1) is 3.57 Å². The van der Waals surface area contributed by atoms with E-state index in [9.17, 15) is 19.2 Å². The second-order valence-corrected chi connectivity index (χ2v) is 8.74. The summed E-state index contributed by atoms with van der Waals surface area (Å²) in [6.07, 6.45) is 0.324. The van der Waals surface area contributed by atoms with Crippen molar-refractivity contribution in [2.45, 2.75) is 37.4 Å². The summed E-state index contributed by atoms with van der Waals surface area (Å²) in [4.78, 5) is 49.7. The minimum absolute atomic E-state index is 0.248. The highest BCUT2D eigenvalue weighted by molar-refractivity contribution is 14.1. The number of carbonyl (C=O) groups is 4. The fourth-order valence-electron chi connectivity index (χ4n) is 3.49. The number of hydrogen-bond acceptors (Lipinski definition) is 5. The third-order valence-corrected chi connectivity index (χ3v) is 5.76. The van der Waals surface area contributed by atoms with Gasteiger partial charge < -0.3 is 20.7 Å². The molecule has 0 saturated carbocycles. The molecule has 1 saturated heterocycles. The molecular weight excluding hydrogens is 525 g/mol. The van der Waals surface area contributed by atoms with Crippen LogP contribution in [0.5, 0.6) is 0 Å². The second-order valence-electron chi connectivity index (χ2n) is 7.49. The van der Waals surface area contributed by atoms with Crippen molar-refractivity contribution in [2.75, 3.05) is 7.11 Å². The third kappa shape index (κ3) is 6.52. The van der Waals surface area contributed by atoms with Gasteiger partial charge in [-0.15, -0.1) is 0 Å². The maximum absolute atomic E-state index is 12.6. The van der Waals surface area contributed by atoms with Gasteiger partial charge in [0.2, 0.25) is 17.7 Å². The van der Waals surface area contributed by atoms with E-state index in [1.807, 2.05) is 54.6 Å². The van der Waals surface area contributed by atoms with Gasteiger partial charge in [-0.3, -0.25) is 14.4 Å². The number of amides is 3. The lowest BCUT2D eigenvalue weighted by Crippen LogP contribution is -2.63. The van der Waals surface area contributed by atoms with Crippen LogP contribution in [0.2, 0.25) is 0 Å². The number of benzene rings is 2. The molecule has 168 valence electrons. The summed E-state index contributed by atoms with van der Waals surface area (Å²) in [5.41, 5.74) is 1.78. The number of carbonyl (C=O) groups excluding carboxylic acids is 4. The largest absolute Gasteiger partial charge is 0.467 e. The molecule has 1 aliphatic heterocycles. The number of hydrogen-bond donors (Lipinski definition) is 3. The van der Waals surface area contributed by atoms with Gasteiger partial charge >= 0.3 is 5.97 Å². The van der Waals surface area contributed by atoms with Crippen molar-refractivity contribution in [1.29, 1.82) is 0 Å². The van der Waals surface area contributed by atoms with E-state index in [1.54, 1.807) is 0 Å². The van der Waals surface area contributed by atoms with Crippen LogP contribution in [0.3, 0.4) is 0 Å². The third-order valence-electron chi connectivity index (χ3n) is 5.09. The van der Waals surface area contributed by atoms with Crippen molar-refractivity contribution >= 4 is 46.3 Å². The van der Waals surface area contributed by atoms with E-state index < -0.39 is 35.9 Å². The quantitative estimate of drug-likeness (QED) is 0.338. The van der Waals surface area contributed by atoms with Crippen LogP contribution in [-0.4, -0.2) is 48.9 Å². The monoisotopic (exact) mass is 549 g/mol. The highest BCUT2D eigenvalue weighted by atomic mass is 127. The summed E-state index contributed by atoms with van der Waals surface area (Å²) in [6.45, 7) is 0. The van der Waals surface area contributed by atoms with Gasteiger partial charge in [-0.2, -0.15) is 0 Å². The van der Waals surface area contributed by atoms with Crippen LogP contribution in [0.4, 0.5) is 0 Å². The zero-order valence-corrected chi connectivity index (χ0v) is 19.6. The first-order chi connectivity index (χ1) is 15.4. The molecule has 0 unspecified atom stereocenters. The van der Waals surface area contributed by atoms with E-state index in [0.29, 0.717) is 6.42 Å². The highest BCUT2D eigenvalue weighted by Crippen LogP contribution is 2.12. The average Bonchev–Trinajstić information content (AvgIpc) is 2.77. The summed E-state index contributed by atoms with van der Waals surface area (Å²) < 4.78 is 5.81. The van der Waals surface area contributed by atoms with Crippen LogP contribution in [0.15, 0.2) is 54.6 Å². The molecule has 0 aliphatic carbocycles. The highest BCUT2D eigenvalue weighted by Gasteiger charge is 2.35. The first-order valence-electron chi connectivity index (χ1n) is 10.1. The normalized spacial score (nSPS) is 18.8. The van der Waals surface area contributed by atoms with Gasteiger partial charge in [-0.1, -0.05) is 42.5 Å². The van der Waals surface area contributed by atoms with Crippen molar-refractivity contribution in [3.8, 4) is 0 Å². The van der Waals surface area contributed by atoms with Crippen LogP contribution in [0.25, 0.3) is 0 Å². The van der Waals surface area contributed by atoms with Gasteiger partial charge in [0.05, 0.1) is 13.5 Å². The van der Waals surface area contributed by atoms with E-state index >= 15 is 0 Å². The minimum Gasteiger partial charge on any atom is -0.467 e. The number of methoxy groups -OCH3 is 1. The van der Waals surface area contributed by atoms with Crippen molar-refractivity contribution in [1.82, 2.24) is 16.0 Å². The van der Waals surface area contributed by atoms with Gasteiger partial charge in [-0.05, 0) is 45.9 Å². The molecule has 3 N–H and O–H groups in total. The van der Waals surface area contributed by atoms with Crippen LogP contribution in [0.1, 0.15) is 17.5 Å². The van der Waals surface area contributed by atoms with Gasteiger partial charge in [0.25, 0.3) is 0 Å². The Morgan fingerprint density at radius 2 is 1.66 bits per heavy atom. The number of rotatable bonds is 8. The maximum Gasteiger partial charge on any atom is 0.328 e. The van der Waals surface area contributed by atoms with E-state index in [-0.39, 0.29) is 18.7 Å². The predicted molar refractivity (Wildman–Crippen MR) is 125 cm³/mol. The molecule has 2 aromatic carbocycles. The zero-order chi connectivity index (χ0) is 23.1. The number of nitrogens with one attached hydrogen (secondary N) is 3. The van der Waals surface area contributed by atoms with Gasteiger partial charge in [0.1, 0.15) is 18.1 Å². The van der Waals surface area contributed by atoms with Gasteiger partial charge in [0, 0.05) is 16.4 Å². The number of ether oxygens (including phenoxy) is 1. The number of esters is 1. The topological polar surface area (TPSA) is 114 Å². The molecule has 0 bridgehead atoms. The summed E-state index contributed by atoms with van der Waals surface area (Å²) in [6, 6.07) is 14.3. The van der Waals surface area contributed by atoms with Crippen LogP contribution in [-0.2, 0) is 36.8 Å². The molecule has 2 aromatic rings. The standard InChI is InChI=1S/C23H24IN3O5/c1-32-23(31)19(12-15-8-5-9-16(24)10-15)25-20(28)13-18-22(30)26-17(21(29)27-18)11-14-6-3-2-4-7-14/h2-10,17-19H,11-13H2,1H3,(H,25,28)(H,26,30)(H,27,29)/t17-,18-,19-/m0/s1. The first kappa shape index (κ1) is 23.7. The lowest BCUT2D eigenvalue weighted by molar-refractivity contribution is -0.145. The molecule has 8 nitrogen and oxygen atoms in total. The Balaban J connectivity index is 1.58. The second kappa shape index (κ2) is 11.1. The van der Waals surface area contributed by atoms with Crippen LogP contribution >= 0.6 is 22.6 Å². The lowest BCUT2D eigenvalue weighted by Gasteiger charge is -2.29. The SMILES string of the molecule is COC(=O)[C@H](Cc1cccc(I)c1)NC(=O)C[C@@H]1NC(=O)[C@H](Cc2ccccc2)NC1=O. The number of piperazine rings is 1. The smallest absolute Gasteiger partial charge is 0.328 e. The molecule has 3 amide bonds. The van der Waals surface area contributed by atoms with E-state index in [4.69, 9.17) is 4.74 Å². The minimum atomic E-state index is -1.01. The van der Waals surface area contributed by atoms with Crippen molar-refractivity contribution in [3.63, 3.8) is 0 Å². The van der Waals surface area contributed by atoms with Gasteiger partial charge in [0.15, 0.2) is 0 Å². The Morgan fingerprint density at radius 1 is 1.00 bits per heavy atom. The fourth-order valence-corrected chi connectivity index (χ4v) is 4.09. The Kier molecular flexibility index (Phi) is 8.20. The zero-order valence-electron chi connectivity index (χ0n) is 17.5. The van der Waals surface area contributed by atoms with Crippen molar-refractivity contribution in [2.24, 2.45) is 0 Å². The Bertz CT molecular complexity index is 998. The molecule has 9 heteroatoms. The Hall–Kier alpha value is -2.95. The van der Waals surface area contributed by atoms with Crippen molar-refractivity contribution in [3.05, 3.63) is 69.3 Å².